The monoisotopic (exact) mass is 671 g/mol. The predicted octanol–water partition coefficient (Wildman–Crippen LogP) is 2.47. The number of fused-ring (bicyclic) bond motifs is 3. The maximum Gasteiger partial charge on any atom is 0.407 e. The molecule has 15 heteroatoms. The minimum atomic E-state index is -1.72. The number of carboxylic acid groups (broad SMARTS) is 1. The first kappa shape index (κ1) is 35.8. The van der Waals surface area contributed by atoms with Crippen LogP contribution in [0.4, 0.5) is 4.79 Å². The van der Waals surface area contributed by atoms with Crippen molar-refractivity contribution < 1.29 is 67.0 Å². The molecule has 0 radical (unpaired) electrons. The summed E-state index contributed by atoms with van der Waals surface area (Å²) in [5.74, 6) is -5.03. The van der Waals surface area contributed by atoms with Crippen LogP contribution < -0.4 is 5.32 Å². The number of benzene rings is 2. The lowest BCUT2D eigenvalue weighted by Gasteiger charge is -2.44. The van der Waals surface area contributed by atoms with Crippen molar-refractivity contribution >= 4 is 35.9 Å². The second-order valence-electron chi connectivity index (χ2n) is 11.2. The second kappa shape index (κ2) is 15.7. The lowest BCUT2D eigenvalue weighted by Crippen LogP contribution is -2.64. The van der Waals surface area contributed by atoms with E-state index >= 15 is 0 Å². The zero-order valence-corrected chi connectivity index (χ0v) is 26.9. The first-order chi connectivity index (χ1) is 22.8. The van der Waals surface area contributed by atoms with Crippen molar-refractivity contribution in [3.63, 3.8) is 0 Å². The number of ether oxygens (including phenoxy) is 7. The smallest absolute Gasteiger partial charge is 0.407 e. The van der Waals surface area contributed by atoms with E-state index in [-0.39, 0.29) is 12.5 Å². The molecule has 0 spiro atoms. The Morgan fingerprint density at radius 1 is 0.729 bits per heavy atom. The van der Waals surface area contributed by atoms with Gasteiger partial charge in [-0.05, 0) is 29.2 Å². The Hall–Kier alpha value is -5.02. The normalized spacial score (nSPS) is 22.6. The van der Waals surface area contributed by atoms with E-state index in [9.17, 15) is 33.9 Å². The highest BCUT2D eigenvalue weighted by Crippen LogP contribution is 2.44. The molecule has 4 rings (SSSR count). The predicted molar refractivity (Wildman–Crippen MR) is 162 cm³/mol. The Morgan fingerprint density at radius 2 is 1.25 bits per heavy atom. The summed E-state index contributed by atoms with van der Waals surface area (Å²) >= 11 is 0. The van der Waals surface area contributed by atoms with Gasteiger partial charge in [0.1, 0.15) is 19.3 Å². The van der Waals surface area contributed by atoms with E-state index in [1.807, 2.05) is 48.5 Å². The summed E-state index contributed by atoms with van der Waals surface area (Å²) in [6.45, 7) is 5.02. The molecule has 0 unspecified atom stereocenters. The molecule has 2 N–H and O–H groups in total. The summed E-state index contributed by atoms with van der Waals surface area (Å²) in [4.78, 5) is 73.0. The van der Waals surface area contributed by atoms with Gasteiger partial charge in [-0.3, -0.25) is 19.2 Å². The number of rotatable bonds is 12. The summed E-state index contributed by atoms with van der Waals surface area (Å²) in [6, 6.07) is 13.7. The molecule has 1 aliphatic heterocycles. The molecule has 1 heterocycles. The number of carboxylic acids is 1. The van der Waals surface area contributed by atoms with E-state index in [4.69, 9.17) is 33.2 Å². The summed E-state index contributed by atoms with van der Waals surface area (Å²) in [5.41, 5.74) is 3.94. The van der Waals surface area contributed by atoms with Gasteiger partial charge in [0.25, 0.3) is 0 Å². The standard InChI is InChI=1S/C33H37NO14/c1-16(27(31(39)40)34-33(41)43-14-25-23-12-8-6-10-21(23)22-11-7-9-13-24(22)25)44-32-30(47-20(5)38)29(46-19(4)37)28(45-18(3)36)26(48-32)15-42-17(2)35/h6-13,16,25-30,32H,14-15H2,1-5H3,(H,34,41)(H,39,40)/t16-,26+,27-,28-,29-,30+,32+/m0/s1. The minimum Gasteiger partial charge on any atom is -0.480 e. The van der Waals surface area contributed by atoms with Gasteiger partial charge in [0.15, 0.2) is 30.6 Å². The molecular formula is C33H37NO14. The van der Waals surface area contributed by atoms with Crippen LogP contribution in [0.15, 0.2) is 48.5 Å². The molecule has 0 saturated carbocycles. The highest BCUT2D eigenvalue weighted by molar-refractivity contribution is 5.81. The first-order valence-corrected chi connectivity index (χ1v) is 15.1. The molecule has 1 aliphatic carbocycles. The number of nitrogens with one attached hydrogen (secondary N) is 1. The molecule has 0 bridgehead atoms. The number of amides is 1. The van der Waals surface area contributed by atoms with Gasteiger partial charge in [-0.2, -0.15) is 0 Å². The van der Waals surface area contributed by atoms with Gasteiger partial charge >= 0.3 is 35.9 Å². The van der Waals surface area contributed by atoms with Crippen LogP contribution in [0, 0.1) is 0 Å². The van der Waals surface area contributed by atoms with Gasteiger partial charge in [-0.15, -0.1) is 0 Å². The van der Waals surface area contributed by atoms with E-state index in [1.165, 1.54) is 6.92 Å². The van der Waals surface area contributed by atoms with Crippen LogP contribution >= 0.6 is 0 Å². The Morgan fingerprint density at radius 3 is 1.77 bits per heavy atom. The summed E-state index contributed by atoms with van der Waals surface area (Å²) in [7, 11) is 0. The van der Waals surface area contributed by atoms with Crippen LogP contribution in [0.2, 0.25) is 0 Å². The number of aliphatic carboxylic acids is 1. The van der Waals surface area contributed by atoms with Crippen molar-refractivity contribution in [2.45, 2.75) is 83.4 Å². The van der Waals surface area contributed by atoms with E-state index < -0.39 is 85.4 Å². The lowest BCUT2D eigenvalue weighted by molar-refractivity contribution is -0.316. The maximum absolute atomic E-state index is 13.0. The van der Waals surface area contributed by atoms with Crippen molar-refractivity contribution in [3.05, 3.63) is 59.7 Å². The average Bonchev–Trinajstić information content (AvgIpc) is 3.33. The zero-order valence-electron chi connectivity index (χ0n) is 26.9. The number of carbonyl (C=O) groups excluding carboxylic acids is 5. The largest absolute Gasteiger partial charge is 0.480 e. The van der Waals surface area contributed by atoms with Crippen LogP contribution in [0.25, 0.3) is 11.1 Å². The minimum absolute atomic E-state index is 0.0822. The Balaban J connectivity index is 1.52. The summed E-state index contributed by atoms with van der Waals surface area (Å²) in [6.07, 6.45) is -9.95. The first-order valence-electron chi connectivity index (χ1n) is 15.1. The summed E-state index contributed by atoms with van der Waals surface area (Å²) in [5, 5.41) is 12.3. The van der Waals surface area contributed by atoms with Crippen molar-refractivity contribution in [3.8, 4) is 11.1 Å². The SMILES string of the molecule is CC(=O)OC[C@H]1O[C@@H](O[C@@H](C)[C@H](NC(=O)OCC2c3ccccc3-c3ccccc32)C(=O)O)[C@H](OC(C)=O)[C@@H](OC(C)=O)[C@H]1OC(C)=O. The molecule has 2 aromatic carbocycles. The molecule has 1 fully saturated rings. The Labute approximate surface area is 275 Å². The zero-order chi connectivity index (χ0) is 35.1. The third-order valence-corrected chi connectivity index (χ3v) is 7.65. The van der Waals surface area contributed by atoms with Crippen molar-refractivity contribution in [2.24, 2.45) is 0 Å². The van der Waals surface area contributed by atoms with Gasteiger partial charge in [0, 0.05) is 33.6 Å². The number of hydrogen-bond donors (Lipinski definition) is 2. The number of esters is 4. The molecule has 2 aliphatic rings. The third-order valence-electron chi connectivity index (χ3n) is 7.65. The van der Waals surface area contributed by atoms with Gasteiger partial charge in [-0.1, -0.05) is 48.5 Å². The average molecular weight is 672 g/mol. The highest BCUT2D eigenvalue weighted by Gasteiger charge is 2.53. The maximum atomic E-state index is 13.0. The van der Waals surface area contributed by atoms with Crippen molar-refractivity contribution in [1.29, 1.82) is 0 Å². The van der Waals surface area contributed by atoms with E-state index in [0.29, 0.717) is 0 Å². The Kier molecular flexibility index (Phi) is 11.7. The highest BCUT2D eigenvalue weighted by atomic mass is 16.7. The topological polar surface area (TPSA) is 199 Å². The molecule has 1 amide bonds. The van der Waals surface area contributed by atoms with Crippen LogP contribution in [-0.2, 0) is 57.1 Å². The van der Waals surface area contributed by atoms with Gasteiger partial charge in [0.05, 0.1) is 6.10 Å². The second-order valence-corrected chi connectivity index (χ2v) is 11.2. The fraction of sp³-hybridized carbons (Fsp3) is 0.455. The third kappa shape index (κ3) is 8.66. The Bertz CT molecular complexity index is 1500. The quantitative estimate of drug-likeness (QED) is 0.246. The molecule has 7 atom stereocenters. The molecule has 258 valence electrons. The van der Waals surface area contributed by atoms with Gasteiger partial charge < -0.3 is 43.6 Å². The van der Waals surface area contributed by atoms with E-state index in [2.05, 4.69) is 5.32 Å². The van der Waals surface area contributed by atoms with Crippen LogP contribution in [0.3, 0.4) is 0 Å². The van der Waals surface area contributed by atoms with E-state index in [1.54, 1.807) is 0 Å². The van der Waals surface area contributed by atoms with E-state index in [0.717, 1.165) is 49.9 Å². The number of alkyl carbamates (subject to hydrolysis) is 1. The molecule has 2 aromatic rings. The lowest BCUT2D eigenvalue weighted by atomic mass is 9.98. The number of carbonyl (C=O) groups is 6. The fourth-order valence-corrected chi connectivity index (χ4v) is 5.74. The van der Waals surface area contributed by atoms with Crippen LogP contribution in [0.5, 0.6) is 0 Å². The van der Waals surface area contributed by atoms with Crippen molar-refractivity contribution in [1.82, 2.24) is 5.32 Å². The summed E-state index contributed by atoms with van der Waals surface area (Å²) < 4.78 is 38.3. The van der Waals surface area contributed by atoms with Gasteiger partial charge in [0.2, 0.25) is 0 Å². The van der Waals surface area contributed by atoms with Crippen LogP contribution in [-0.4, -0.2) is 97.1 Å². The van der Waals surface area contributed by atoms with Gasteiger partial charge in [-0.25, -0.2) is 9.59 Å². The molecule has 48 heavy (non-hydrogen) atoms. The fourth-order valence-electron chi connectivity index (χ4n) is 5.74. The molecule has 0 aromatic heterocycles. The van der Waals surface area contributed by atoms with Crippen molar-refractivity contribution in [2.75, 3.05) is 13.2 Å². The number of hydrogen-bond acceptors (Lipinski definition) is 13. The molecule has 15 nitrogen and oxygen atoms in total. The molecular weight excluding hydrogens is 634 g/mol. The molecule has 1 saturated heterocycles. The van der Waals surface area contributed by atoms with Crippen LogP contribution in [0.1, 0.15) is 51.7 Å².